The second-order valence-corrected chi connectivity index (χ2v) is 5.99. The number of aryl methyl sites for hydroxylation is 2. The highest BCUT2D eigenvalue weighted by Gasteiger charge is 2.16. The molecule has 132 valence electrons. The second kappa shape index (κ2) is 7.23. The van der Waals surface area contributed by atoms with E-state index in [4.69, 9.17) is 0 Å². The summed E-state index contributed by atoms with van der Waals surface area (Å²) in [5, 5.41) is 2.68. The van der Waals surface area contributed by atoms with Gasteiger partial charge in [-0.1, -0.05) is 36.8 Å². The Labute approximate surface area is 150 Å². The van der Waals surface area contributed by atoms with E-state index in [0.717, 1.165) is 28.3 Å². The van der Waals surface area contributed by atoms with Crippen LogP contribution in [0.25, 0.3) is 5.69 Å². The highest BCUT2D eigenvalue weighted by atomic mass is 16.2. The van der Waals surface area contributed by atoms with Gasteiger partial charge < -0.3 is 10.3 Å². The third-order valence-electron chi connectivity index (χ3n) is 4.13. The van der Waals surface area contributed by atoms with Crippen molar-refractivity contribution in [2.45, 2.75) is 20.3 Å². The van der Waals surface area contributed by atoms with E-state index in [1.165, 1.54) is 0 Å². The number of nitrogens with one attached hydrogen (secondary N) is 2. The lowest BCUT2D eigenvalue weighted by atomic mass is 10.1. The third kappa shape index (κ3) is 3.49. The van der Waals surface area contributed by atoms with E-state index < -0.39 is 17.2 Å². The van der Waals surface area contributed by atoms with Crippen molar-refractivity contribution >= 4 is 11.6 Å². The van der Waals surface area contributed by atoms with E-state index in [9.17, 15) is 14.4 Å². The maximum Gasteiger partial charge on any atom is 0.333 e. The molecule has 0 unspecified atom stereocenters. The van der Waals surface area contributed by atoms with Crippen LogP contribution in [0.5, 0.6) is 0 Å². The molecule has 1 amide bonds. The quantitative estimate of drug-likeness (QED) is 0.759. The van der Waals surface area contributed by atoms with Gasteiger partial charge in [-0.3, -0.25) is 9.59 Å². The van der Waals surface area contributed by atoms with Crippen LogP contribution in [0, 0.1) is 6.92 Å². The van der Waals surface area contributed by atoms with Crippen LogP contribution in [-0.2, 0) is 6.42 Å². The maximum absolute atomic E-state index is 12.7. The first-order chi connectivity index (χ1) is 12.5. The number of aromatic amines is 1. The number of amides is 1. The Morgan fingerprint density at radius 3 is 2.31 bits per heavy atom. The summed E-state index contributed by atoms with van der Waals surface area (Å²) in [4.78, 5) is 39.7. The summed E-state index contributed by atoms with van der Waals surface area (Å²) < 4.78 is 0.953. The van der Waals surface area contributed by atoms with E-state index >= 15 is 0 Å². The Balaban J connectivity index is 1.96. The Morgan fingerprint density at radius 1 is 1.04 bits per heavy atom. The largest absolute Gasteiger partial charge is 0.333 e. The van der Waals surface area contributed by atoms with Crippen LogP contribution in [0.3, 0.4) is 0 Å². The molecular weight excluding hydrogens is 330 g/mol. The molecule has 6 heteroatoms. The van der Waals surface area contributed by atoms with Crippen molar-refractivity contribution in [3.05, 3.63) is 92.3 Å². The normalized spacial score (nSPS) is 10.5. The van der Waals surface area contributed by atoms with E-state index in [2.05, 4.69) is 10.3 Å². The predicted molar refractivity (Wildman–Crippen MR) is 101 cm³/mol. The van der Waals surface area contributed by atoms with E-state index in [1.807, 2.05) is 26.0 Å². The number of nitrogens with zero attached hydrogens (tertiary/aromatic N) is 1. The molecular formula is C20H19N3O3. The first kappa shape index (κ1) is 17.4. The van der Waals surface area contributed by atoms with E-state index in [1.54, 1.807) is 36.4 Å². The molecule has 26 heavy (non-hydrogen) atoms. The zero-order valence-corrected chi connectivity index (χ0v) is 14.6. The number of hydrogen-bond acceptors (Lipinski definition) is 3. The van der Waals surface area contributed by atoms with Crippen LogP contribution in [0.15, 0.2) is 64.3 Å². The Morgan fingerprint density at radius 2 is 1.69 bits per heavy atom. The number of hydrogen-bond donors (Lipinski definition) is 2. The molecule has 3 rings (SSSR count). The van der Waals surface area contributed by atoms with Gasteiger partial charge >= 0.3 is 5.69 Å². The lowest BCUT2D eigenvalue weighted by Gasteiger charge is -2.09. The SMILES string of the molecule is CCc1ccc(NC(=O)c2c[nH]c(=O)n(-c3ccc(C)cc3)c2=O)cc1. The van der Waals surface area contributed by atoms with Crippen molar-refractivity contribution < 1.29 is 4.79 Å². The van der Waals surface area contributed by atoms with Gasteiger partial charge in [0.1, 0.15) is 5.56 Å². The number of anilines is 1. The zero-order chi connectivity index (χ0) is 18.7. The standard InChI is InChI=1S/C20H19N3O3/c1-3-14-6-8-15(9-7-14)22-18(24)17-12-21-20(26)23(19(17)25)16-10-4-13(2)5-11-16/h4-12H,3H2,1-2H3,(H,21,26)(H,22,24). The number of rotatable bonds is 4. The summed E-state index contributed by atoms with van der Waals surface area (Å²) >= 11 is 0. The topological polar surface area (TPSA) is 84.0 Å². The van der Waals surface area contributed by atoms with Crippen molar-refractivity contribution in [1.82, 2.24) is 9.55 Å². The smallest absolute Gasteiger partial charge is 0.322 e. The Kier molecular flexibility index (Phi) is 4.84. The van der Waals surface area contributed by atoms with Crippen LogP contribution in [0.4, 0.5) is 5.69 Å². The molecule has 0 radical (unpaired) electrons. The van der Waals surface area contributed by atoms with Gasteiger partial charge in [0, 0.05) is 11.9 Å². The highest BCUT2D eigenvalue weighted by Crippen LogP contribution is 2.11. The lowest BCUT2D eigenvalue weighted by molar-refractivity contribution is 0.102. The van der Waals surface area contributed by atoms with Crippen molar-refractivity contribution in [1.29, 1.82) is 0 Å². The third-order valence-corrected chi connectivity index (χ3v) is 4.13. The van der Waals surface area contributed by atoms with Gasteiger partial charge in [-0.25, -0.2) is 9.36 Å². The summed E-state index contributed by atoms with van der Waals surface area (Å²) in [5.74, 6) is -0.573. The molecule has 2 aromatic carbocycles. The summed E-state index contributed by atoms with van der Waals surface area (Å²) in [5.41, 5.74) is 1.74. The molecule has 0 fully saturated rings. The molecule has 0 saturated heterocycles. The average Bonchev–Trinajstić information content (AvgIpc) is 2.64. The van der Waals surface area contributed by atoms with Crippen molar-refractivity contribution in [3.63, 3.8) is 0 Å². The molecule has 0 atom stereocenters. The summed E-state index contributed by atoms with van der Waals surface area (Å²) in [6.45, 7) is 3.95. The second-order valence-electron chi connectivity index (χ2n) is 5.99. The maximum atomic E-state index is 12.7. The van der Waals surface area contributed by atoms with Gasteiger partial charge in [0.25, 0.3) is 11.5 Å². The minimum atomic E-state index is -0.666. The highest BCUT2D eigenvalue weighted by molar-refractivity contribution is 6.03. The molecule has 2 N–H and O–H groups in total. The van der Waals surface area contributed by atoms with Gasteiger partial charge in [-0.2, -0.15) is 0 Å². The van der Waals surface area contributed by atoms with Gasteiger partial charge in [-0.05, 0) is 43.2 Å². The molecule has 0 saturated carbocycles. The van der Waals surface area contributed by atoms with Crippen LogP contribution in [0.2, 0.25) is 0 Å². The summed E-state index contributed by atoms with van der Waals surface area (Å²) in [6.07, 6.45) is 2.04. The molecule has 0 bridgehead atoms. The van der Waals surface area contributed by atoms with E-state index in [0.29, 0.717) is 11.4 Å². The van der Waals surface area contributed by atoms with E-state index in [-0.39, 0.29) is 5.56 Å². The molecule has 0 aliphatic carbocycles. The molecule has 1 heterocycles. The number of aromatic nitrogens is 2. The zero-order valence-electron chi connectivity index (χ0n) is 14.6. The van der Waals surface area contributed by atoms with Crippen LogP contribution >= 0.6 is 0 Å². The molecule has 1 aromatic heterocycles. The predicted octanol–water partition coefficient (Wildman–Crippen LogP) is 2.65. The Hall–Kier alpha value is -3.41. The van der Waals surface area contributed by atoms with Gasteiger partial charge in [0.2, 0.25) is 0 Å². The fraction of sp³-hybridized carbons (Fsp3) is 0.150. The Bertz CT molecular complexity index is 1050. The van der Waals surface area contributed by atoms with Gasteiger partial charge in [-0.15, -0.1) is 0 Å². The lowest BCUT2D eigenvalue weighted by Crippen LogP contribution is -2.38. The van der Waals surface area contributed by atoms with Crippen molar-refractivity contribution in [2.24, 2.45) is 0 Å². The first-order valence-electron chi connectivity index (χ1n) is 8.31. The van der Waals surface area contributed by atoms with Crippen molar-refractivity contribution in [3.8, 4) is 5.69 Å². The number of H-pyrrole nitrogens is 1. The molecule has 0 aliphatic heterocycles. The van der Waals surface area contributed by atoms with Crippen LogP contribution < -0.4 is 16.6 Å². The molecule has 0 spiro atoms. The summed E-state index contributed by atoms with van der Waals surface area (Å²) in [6, 6.07) is 14.3. The minimum absolute atomic E-state index is 0.134. The van der Waals surface area contributed by atoms with Crippen LogP contribution in [0.1, 0.15) is 28.4 Å². The molecule has 6 nitrogen and oxygen atoms in total. The molecule has 3 aromatic rings. The number of carbonyl (C=O) groups is 1. The fourth-order valence-corrected chi connectivity index (χ4v) is 2.59. The average molecular weight is 349 g/mol. The number of carbonyl (C=O) groups excluding carboxylic acids is 1. The van der Waals surface area contributed by atoms with Crippen molar-refractivity contribution in [2.75, 3.05) is 5.32 Å². The monoisotopic (exact) mass is 349 g/mol. The first-order valence-corrected chi connectivity index (χ1v) is 8.31. The van der Waals surface area contributed by atoms with Crippen LogP contribution in [-0.4, -0.2) is 15.5 Å². The fourth-order valence-electron chi connectivity index (χ4n) is 2.59. The number of benzene rings is 2. The minimum Gasteiger partial charge on any atom is -0.322 e. The van der Waals surface area contributed by atoms with Gasteiger partial charge in [0.15, 0.2) is 0 Å². The molecule has 0 aliphatic rings. The summed E-state index contributed by atoms with van der Waals surface area (Å²) in [7, 11) is 0. The van der Waals surface area contributed by atoms with Gasteiger partial charge in [0.05, 0.1) is 5.69 Å².